The Hall–Kier alpha value is -2.44. The van der Waals surface area contributed by atoms with Crippen molar-refractivity contribution in [1.29, 1.82) is 0 Å². The molecule has 0 spiro atoms. The van der Waals surface area contributed by atoms with Crippen LogP contribution in [-0.4, -0.2) is 30.6 Å². The molecule has 1 aliphatic rings. The Morgan fingerprint density at radius 3 is 2.61 bits per heavy atom. The highest BCUT2D eigenvalue weighted by Gasteiger charge is 2.36. The standard InChI is InChI=1S/C16H18F2N2O3/c1-4-7-20-9(2)13(15(21)23-3)14(19-16(20)22)10-5-6-11(17)12(18)8-10/h5-6,8,14H,4,7H2,1-3H3,(H,19,22)/t14-/m1/s1. The zero-order chi connectivity index (χ0) is 17.1. The van der Waals surface area contributed by atoms with Crippen molar-refractivity contribution in [3.05, 3.63) is 46.7 Å². The lowest BCUT2D eigenvalue weighted by Crippen LogP contribution is -2.48. The third kappa shape index (κ3) is 3.18. The topological polar surface area (TPSA) is 58.6 Å². The van der Waals surface area contributed by atoms with Gasteiger partial charge in [-0.1, -0.05) is 13.0 Å². The van der Waals surface area contributed by atoms with Crippen LogP contribution in [0.15, 0.2) is 29.5 Å². The van der Waals surface area contributed by atoms with Crippen molar-refractivity contribution in [3.63, 3.8) is 0 Å². The van der Waals surface area contributed by atoms with Crippen molar-refractivity contribution in [2.24, 2.45) is 0 Å². The molecule has 2 rings (SSSR count). The van der Waals surface area contributed by atoms with Crippen molar-refractivity contribution in [3.8, 4) is 0 Å². The van der Waals surface area contributed by atoms with Crippen molar-refractivity contribution in [1.82, 2.24) is 10.2 Å². The number of urea groups is 1. The van der Waals surface area contributed by atoms with Crippen LogP contribution in [0.5, 0.6) is 0 Å². The molecule has 1 N–H and O–H groups in total. The van der Waals surface area contributed by atoms with E-state index in [9.17, 15) is 18.4 Å². The maximum Gasteiger partial charge on any atom is 0.337 e. The Labute approximate surface area is 132 Å². The van der Waals surface area contributed by atoms with E-state index in [0.717, 1.165) is 12.1 Å². The maximum absolute atomic E-state index is 13.5. The molecule has 0 bridgehead atoms. The van der Waals surface area contributed by atoms with Crippen LogP contribution in [0, 0.1) is 11.6 Å². The Morgan fingerprint density at radius 2 is 2.04 bits per heavy atom. The smallest absolute Gasteiger partial charge is 0.337 e. The van der Waals surface area contributed by atoms with Gasteiger partial charge in [0.15, 0.2) is 11.6 Å². The van der Waals surface area contributed by atoms with Gasteiger partial charge in [-0.2, -0.15) is 0 Å². The molecule has 1 aromatic carbocycles. The molecule has 1 aliphatic heterocycles. The highest BCUT2D eigenvalue weighted by atomic mass is 19.2. The average molecular weight is 324 g/mol. The second-order valence-electron chi connectivity index (χ2n) is 5.20. The van der Waals surface area contributed by atoms with Crippen molar-refractivity contribution in [2.75, 3.05) is 13.7 Å². The van der Waals surface area contributed by atoms with Gasteiger partial charge in [0.2, 0.25) is 0 Å². The number of halogens is 2. The van der Waals surface area contributed by atoms with Crippen LogP contribution in [0.4, 0.5) is 13.6 Å². The average Bonchev–Trinajstić information content (AvgIpc) is 2.53. The second kappa shape index (κ2) is 6.76. The van der Waals surface area contributed by atoms with Crippen LogP contribution in [0.2, 0.25) is 0 Å². The van der Waals surface area contributed by atoms with Crippen LogP contribution >= 0.6 is 0 Å². The summed E-state index contributed by atoms with van der Waals surface area (Å²) in [5.74, 6) is -2.67. The first kappa shape index (κ1) is 16.9. The first-order valence-electron chi connectivity index (χ1n) is 7.22. The number of nitrogens with zero attached hydrogens (tertiary/aromatic N) is 1. The molecule has 23 heavy (non-hydrogen) atoms. The molecule has 5 nitrogen and oxygen atoms in total. The van der Waals surface area contributed by atoms with Gasteiger partial charge in [0.1, 0.15) is 0 Å². The van der Waals surface area contributed by atoms with Crippen LogP contribution < -0.4 is 5.32 Å². The number of carbonyl (C=O) groups excluding carboxylic acids is 2. The minimum atomic E-state index is -1.05. The predicted molar refractivity (Wildman–Crippen MR) is 79.3 cm³/mol. The fourth-order valence-electron chi connectivity index (χ4n) is 2.59. The van der Waals surface area contributed by atoms with E-state index < -0.39 is 29.7 Å². The number of allylic oxidation sites excluding steroid dienone is 1. The number of amides is 2. The lowest BCUT2D eigenvalue weighted by molar-refractivity contribution is -0.136. The molecule has 1 atom stereocenters. The van der Waals surface area contributed by atoms with E-state index in [0.29, 0.717) is 18.7 Å². The summed E-state index contributed by atoms with van der Waals surface area (Å²) in [5, 5.41) is 2.65. The highest BCUT2D eigenvalue weighted by Crippen LogP contribution is 2.31. The fourth-order valence-corrected chi connectivity index (χ4v) is 2.59. The van der Waals surface area contributed by atoms with Crippen molar-refractivity contribution in [2.45, 2.75) is 26.3 Å². The van der Waals surface area contributed by atoms with E-state index in [-0.39, 0.29) is 11.1 Å². The third-order valence-corrected chi connectivity index (χ3v) is 3.73. The monoisotopic (exact) mass is 324 g/mol. The summed E-state index contributed by atoms with van der Waals surface area (Å²) >= 11 is 0. The number of esters is 1. The predicted octanol–water partition coefficient (Wildman–Crippen LogP) is 2.89. The molecule has 0 aromatic heterocycles. The minimum Gasteiger partial charge on any atom is -0.466 e. The van der Waals surface area contributed by atoms with Crippen LogP contribution in [0.3, 0.4) is 0 Å². The summed E-state index contributed by atoms with van der Waals surface area (Å²) in [6.07, 6.45) is 0.703. The molecule has 1 aromatic rings. The van der Waals surface area contributed by atoms with Gasteiger partial charge in [0.05, 0.1) is 18.7 Å². The lowest BCUT2D eigenvalue weighted by atomic mass is 9.94. The van der Waals surface area contributed by atoms with E-state index in [2.05, 4.69) is 5.32 Å². The number of rotatable bonds is 4. The number of nitrogens with one attached hydrogen (secondary N) is 1. The van der Waals surface area contributed by atoms with E-state index in [1.807, 2.05) is 6.92 Å². The van der Waals surface area contributed by atoms with Gasteiger partial charge in [-0.15, -0.1) is 0 Å². The molecular formula is C16H18F2N2O3. The number of benzene rings is 1. The maximum atomic E-state index is 13.5. The lowest BCUT2D eigenvalue weighted by Gasteiger charge is -2.35. The zero-order valence-electron chi connectivity index (χ0n) is 13.2. The Morgan fingerprint density at radius 1 is 1.35 bits per heavy atom. The number of hydrogen-bond acceptors (Lipinski definition) is 3. The van der Waals surface area contributed by atoms with E-state index in [1.54, 1.807) is 6.92 Å². The summed E-state index contributed by atoms with van der Waals surface area (Å²) in [6, 6.07) is 1.96. The number of methoxy groups -OCH3 is 1. The van der Waals surface area contributed by atoms with E-state index >= 15 is 0 Å². The van der Waals surface area contributed by atoms with Crippen LogP contribution in [0.1, 0.15) is 31.9 Å². The second-order valence-corrected chi connectivity index (χ2v) is 5.20. The molecule has 0 unspecified atom stereocenters. The summed E-state index contributed by atoms with van der Waals surface area (Å²) in [7, 11) is 1.23. The zero-order valence-corrected chi connectivity index (χ0v) is 13.2. The largest absolute Gasteiger partial charge is 0.466 e. The molecule has 7 heteroatoms. The molecule has 0 saturated carbocycles. The molecule has 0 radical (unpaired) electrons. The summed E-state index contributed by atoms with van der Waals surface area (Å²) in [5.41, 5.74) is 0.914. The van der Waals surface area contributed by atoms with Crippen LogP contribution in [-0.2, 0) is 9.53 Å². The summed E-state index contributed by atoms with van der Waals surface area (Å²) in [6.45, 7) is 3.97. The van der Waals surface area contributed by atoms with Crippen LogP contribution in [0.25, 0.3) is 0 Å². The van der Waals surface area contributed by atoms with Gasteiger partial charge in [-0.05, 0) is 31.0 Å². The van der Waals surface area contributed by atoms with Gasteiger partial charge in [0.25, 0.3) is 0 Å². The molecular weight excluding hydrogens is 306 g/mol. The Bertz CT molecular complexity index is 673. The normalized spacial score (nSPS) is 18.0. The molecule has 0 saturated heterocycles. The fraction of sp³-hybridized carbons (Fsp3) is 0.375. The highest BCUT2D eigenvalue weighted by molar-refractivity contribution is 5.94. The molecule has 2 amide bonds. The summed E-state index contributed by atoms with van der Waals surface area (Å²) in [4.78, 5) is 25.8. The first-order valence-corrected chi connectivity index (χ1v) is 7.22. The van der Waals surface area contributed by atoms with Gasteiger partial charge in [-0.3, -0.25) is 4.90 Å². The quantitative estimate of drug-likeness (QED) is 0.867. The molecule has 0 fully saturated rings. The Kier molecular flexibility index (Phi) is 4.98. The van der Waals surface area contributed by atoms with Gasteiger partial charge in [0, 0.05) is 12.2 Å². The first-order chi connectivity index (χ1) is 10.9. The van der Waals surface area contributed by atoms with Gasteiger partial charge in [-0.25, -0.2) is 18.4 Å². The number of ether oxygens (including phenoxy) is 1. The van der Waals surface area contributed by atoms with E-state index in [4.69, 9.17) is 4.74 Å². The molecule has 124 valence electrons. The summed E-state index contributed by atoms with van der Waals surface area (Å²) < 4.78 is 31.4. The van der Waals surface area contributed by atoms with E-state index in [1.165, 1.54) is 18.1 Å². The van der Waals surface area contributed by atoms with Crippen molar-refractivity contribution >= 4 is 12.0 Å². The SMILES string of the molecule is CCCN1C(=O)N[C@H](c2ccc(F)c(F)c2)C(C(=O)OC)=C1C. The van der Waals surface area contributed by atoms with Gasteiger partial charge < -0.3 is 10.1 Å². The Balaban J connectivity index is 2.54. The molecule has 1 heterocycles. The van der Waals surface area contributed by atoms with Gasteiger partial charge >= 0.3 is 12.0 Å². The minimum absolute atomic E-state index is 0.201. The van der Waals surface area contributed by atoms with Crippen molar-refractivity contribution < 1.29 is 23.1 Å². The third-order valence-electron chi connectivity index (χ3n) is 3.73. The molecule has 0 aliphatic carbocycles. The number of carbonyl (C=O) groups is 2. The number of hydrogen-bond donors (Lipinski definition) is 1.